The number of hydrogen-bond donors (Lipinski definition) is 0. The largest absolute Gasteiger partial charge is 0.457 e. The lowest BCUT2D eigenvalue weighted by Crippen LogP contribution is -2.32. The van der Waals surface area contributed by atoms with Gasteiger partial charge in [-0.25, -0.2) is 15.0 Å². The third-order valence-corrected chi connectivity index (χ3v) is 12.2. The first-order valence-corrected chi connectivity index (χ1v) is 20.7. The number of allylic oxidation sites excluding steroid dienone is 4. The third-order valence-electron chi connectivity index (χ3n) is 12.2. The summed E-state index contributed by atoms with van der Waals surface area (Å²) in [5, 5.41) is 0. The van der Waals surface area contributed by atoms with E-state index in [1.165, 1.54) is 27.8 Å². The zero-order chi connectivity index (χ0) is 40.2. The van der Waals surface area contributed by atoms with Crippen molar-refractivity contribution in [1.29, 1.82) is 0 Å². The van der Waals surface area contributed by atoms with Crippen LogP contribution in [-0.2, 0) is 11.8 Å². The molecule has 0 N–H and O–H groups in total. The summed E-state index contributed by atoms with van der Waals surface area (Å²) in [5.74, 6) is 3.46. The van der Waals surface area contributed by atoms with Gasteiger partial charge in [0.25, 0.3) is 0 Å². The van der Waals surface area contributed by atoms with E-state index in [0.717, 1.165) is 80.1 Å². The Morgan fingerprint density at radius 1 is 0.533 bits per heavy atom. The predicted octanol–water partition coefficient (Wildman–Crippen LogP) is 13.6. The highest BCUT2D eigenvalue weighted by Gasteiger charge is 2.51. The lowest BCUT2D eigenvalue weighted by Gasteiger charge is -2.40. The van der Waals surface area contributed by atoms with E-state index in [1.807, 2.05) is 31.3 Å². The molecule has 8 aromatic rings. The molecule has 7 aromatic carbocycles. The SMILES string of the molecule is C/C=C\C(=C/C)c1cccc(-c2nc(-c3ccccc3)nc(-c3ccc4c(c3)C3(c5cc(-c6cccc7c6N=CCC7)ccc5O4)c4ccccc4-c4ccccc43)n2)c1. The Morgan fingerprint density at radius 3 is 1.82 bits per heavy atom. The number of ether oxygens (including phenoxy) is 1. The van der Waals surface area contributed by atoms with E-state index in [-0.39, 0.29) is 0 Å². The Balaban J connectivity index is 1.15. The van der Waals surface area contributed by atoms with Crippen molar-refractivity contribution in [2.75, 3.05) is 0 Å². The van der Waals surface area contributed by atoms with Gasteiger partial charge >= 0.3 is 0 Å². The highest BCUT2D eigenvalue weighted by molar-refractivity contribution is 5.91. The Morgan fingerprint density at radius 2 is 1.12 bits per heavy atom. The lowest BCUT2D eigenvalue weighted by atomic mass is 9.65. The second kappa shape index (κ2) is 14.4. The molecular weight excluding hydrogens is 733 g/mol. The van der Waals surface area contributed by atoms with Gasteiger partial charge in [0.15, 0.2) is 17.5 Å². The van der Waals surface area contributed by atoms with Gasteiger partial charge in [-0.3, -0.25) is 4.99 Å². The molecule has 1 spiro atoms. The van der Waals surface area contributed by atoms with Crippen LogP contribution in [0.5, 0.6) is 11.5 Å². The molecule has 5 nitrogen and oxygen atoms in total. The van der Waals surface area contributed by atoms with Gasteiger partial charge in [0.2, 0.25) is 0 Å². The fourth-order valence-corrected chi connectivity index (χ4v) is 9.49. The Bertz CT molecular complexity index is 3060. The van der Waals surface area contributed by atoms with E-state index in [0.29, 0.717) is 17.5 Å². The maximum atomic E-state index is 6.95. The molecule has 0 amide bonds. The molecule has 1 aromatic heterocycles. The standard InChI is InChI=1S/C55H40N4O/c1-3-15-35(4-2)38-19-12-20-40(32-38)53-57-52(37-16-6-5-7-17-37)58-54(59-53)41-28-30-50-48(34-41)55(45-25-10-8-22-43(45)44-23-9-11-26-46(44)55)47-33-39(27-29-49(47)60-50)42-24-13-18-36-21-14-31-56-51(36)42/h3-13,15-20,22-34H,14,21H2,1-2H3/b15-3-,35-4+. The monoisotopic (exact) mass is 772 g/mol. The van der Waals surface area contributed by atoms with Crippen LogP contribution in [0.1, 0.15) is 53.6 Å². The van der Waals surface area contributed by atoms with Crippen LogP contribution >= 0.6 is 0 Å². The van der Waals surface area contributed by atoms with Crippen LogP contribution in [0.15, 0.2) is 181 Å². The van der Waals surface area contributed by atoms with E-state index < -0.39 is 5.41 Å². The quantitative estimate of drug-likeness (QED) is 0.158. The second-order valence-corrected chi connectivity index (χ2v) is 15.5. The average molecular weight is 773 g/mol. The molecule has 2 aliphatic heterocycles. The molecule has 3 heterocycles. The number of rotatable bonds is 6. The highest BCUT2D eigenvalue weighted by atomic mass is 16.5. The zero-order valence-corrected chi connectivity index (χ0v) is 33.4. The van der Waals surface area contributed by atoms with Crippen LogP contribution in [0.4, 0.5) is 5.69 Å². The molecule has 0 saturated heterocycles. The van der Waals surface area contributed by atoms with E-state index in [2.05, 4.69) is 165 Å². The Labute approximate surface area is 350 Å². The topological polar surface area (TPSA) is 60.3 Å². The highest BCUT2D eigenvalue weighted by Crippen LogP contribution is 2.63. The molecule has 0 bridgehead atoms. The van der Waals surface area contributed by atoms with Crippen molar-refractivity contribution in [2.24, 2.45) is 4.99 Å². The minimum atomic E-state index is -0.692. The molecule has 1 aliphatic carbocycles. The normalized spacial score (nSPS) is 14.3. The summed E-state index contributed by atoms with van der Waals surface area (Å²) >= 11 is 0. The lowest BCUT2D eigenvalue weighted by molar-refractivity contribution is 0.436. The summed E-state index contributed by atoms with van der Waals surface area (Å²) in [6.07, 6.45) is 10.3. The number of para-hydroxylation sites is 1. The summed E-state index contributed by atoms with van der Waals surface area (Å²) < 4.78 is 6.95. The molecular formula is C55H40N4O. The molecule has 286 valence electrons. The molecule has 3 aliphatic rings. The number of aryl methyl sites for hydroxylation is 1. The molecule has 0 unspecified atom stereocenters. The molecule has 0 fully saturated rings. The molecule has 0 radical (unpaired) electrons. The number of nitrogens with zero attached hydrogens (tertiary/aromatic N) is 4. The van der Waals surface area contributed by atoms with Gasteiger partial charge in [0, 0.05) is 39.6 Å². The van der Waals surface area contributed by atoms with Crippen molar-refractivity contribution in [1.82, 2.24) is 15.0 Å². The molecule has 60 heavy (non-hydrogen) atoms. The summed E-state index contributed by atoms with van der Waals surface area (Å²) in [4.78, 5) is 20.5. The minimum absolute atomic E-state index is 0.592. The zero-order valence-electron chi connectivity index (χ0n) is 33.4. The smallest absolute Gasteiger partial charge is 0.164 e. The Kier molecular flexibility index (Phi) is 8.56. The van der Waals surface area contributed by atoms with Crippen LogP contribution in [0.3, 0.4) is 0 Å². The number of fused-ring (bicyclic) bond motifs is 10. The van der Waals surface area contributed by atoms with Crippen LogP contribution in [0, 0.1) is 0 Å². The van der Waals surface area contributed by atoms with Crippen molar-refractivity contribution in [2.45, 2.75) is 32.1 Å². The summed E-state index contributed by atoms with van der Waals surface area (Å²) in [6.45, 7) is 4.10. The number of aliphatic imine (C=N–C) groups is 1. The maximum Gasteiger partial charge on any atom is 0.164 e. The van der Waals surface area contributed by atoms with Crippen molar-refractivity contribution in [3.05, 3.63) is 209 Å². The van der Waals surface area contributed by atoms with Crippen LogP contribution in [0.25, 0.3) is 62.0 Å². The molecule has 0 saturated carbocycles. The number of aromatic nitrogens is 3. The average Bonchev–Trinajstić information content (AvgIpc) is 3.61. The first-order chi connectivity index (χ1) is 29.6. The fourth-order valence-electron chi connectivity index (χ4n) is 9.49. The Hall–Kier alpha value is -7.50. The minimum Gasteiger partial charge on any atom is -0.457 e. The van der Waals surface area contributed by atoms with Gasteiger partial charge in [0.1, 0.15) is 11.5 Å². The maximum absolute atomic E-state index is 6.95. The van der Waals surface area contributed by atoms with Gasteiger partial charge in [-0.05, 0) is 108 Å². The van der Waals surface area contributed by atoms with E-state index >= 15 is 0 Å². The van der Waals surface area contributed by atoms with Gasteiger partial charge < -0.3 is 4.74 Å². The number of hydrogen-bond acceptors (Lipinski definition) is 5. The molecule has 11 rings (SSSR count). The van der Waals surface area contributed by atoms with Crippen molar-refractivity contribution in [3.8, 4) is 67.9 Å². The summed E-state index contributed by atoms with van der Waals surface area (Å²) in [5.41, 5.74) is 15.9. The molecule has 0 atom stereocenters. The molecule has 5 heteroatoms. The van der Waals surface area contributed by atoms with Gasteiger partial charge in [-0.2, -0.15) is 0 Å². The van der Waals surface area contributed by atoms with Gasteiger partial charge in [-0.1, -0.05) is 140 Å². The second-order valence-electron chi connectivity index (χ2n) is 15.5. The van der Waals surface area contributed by atoms with Crippen LogP contribution < -0.4 is 4.74 Å². The van der Waals surface area contributed by atoms with Crippen LogP contribution in [-0.4, -0.2) is 21.2 Å². The van der Waals surface area contributed by atoms with Crippen LogP contribution in [0.2, 0.25) is 0 Å². The van der Waals surface area contributed by atoms with E-state index in [9.17, 15) is 0 Å². The first kappa shape index (κ1) is 35.6. The van der Waals surface area contributed by atoms with Crippen molar-refractivity contribution >= 4 is 17.5 Å². The summed E-state index contributed by atoms with van der Waals surface area (Å²) in [7, 11) is 0. The summed E-state index contributed by atoms with van der Waals surface area (Å²) in [6, 6.07) is 55.9. The first-order valence-electron chi connectivity index (χ1n) is 20.7. The van der Waals surface area contributed by atoms with Crippen molar-refractivity contribution in [3.63, 3.8) is 0 Å². The van der Waals surface area contributed by atoms with Crippen molar-refractivity contribution < 1.29 is 4.74 Å². The van der Waals surface area contributed by atoms with E-state index in [4.69, 9.17) is 24.7 Å². The van der Waals surface area contributed by atoms with E-state index in [1.54, 1.807) is 0 Å². The fraction of sp³-hybridized carbons (Fsp3) is 0.0909. The predicted molar refractivity (Wildman–Crippen MR) is 244 cm³/mol. The van der Waals surface area contributed by atoms with Gasteiger partial charge in [0.05, 0.1) is 11.1 Å². The number of benzene rings is 7. The van der Waals surface area contributed by atoms with Gasteiger partial charge in [-0.15, -0.1) is 0 Å². The third kappa shape index (κ3) is 5.61.